The molecule has 2 aliphatic rings. The molecule has 0 radical (unpaired) electrons. The normalized spacial score (nSPS) is 30.8. The fourth-order valence-electron chi connectivity index (χ4n) is 2.92. The van der Waals surface area contributed by atoms with Crippen LogP contribution in [0.3, 0.4) is 0 Å². The number of rotatable bonds is 1. The van der Waals surface area contributed by atoms with Gasteiger partial charge in [-0.1, -0.05) is 30.3 Å². The van der Waals surface area contributed by atoms with Crippen molar-refractivity contribution in [3.8, 4) is 0 Å². The highest BCUT2D eigenvalue weighted by atomic mass is 19.4. The first-order valence-electron chi connectivity index (χ1n) is 6.81. The van der Waals surface area contributed by atoms with Crippen LogP contribution in [0.4, 0.5) is 13.2 Å². The minimum atomic E-state index is -4.75. The first-order chi connectivity index (χ1) is 9.92. The molecule has 1 aromatic carbocycles. The van der Waals surface area contributed by atoms with E-state index in [-0.39, 0.29) is 6.42 Å². The molecule has 0 aromatic heterocycles. The standard InChI is InChI=1S/C15H15F3N2O/c16-15(17,18)14(21)12-8-4-7-11(13(12)19-20-14)9-10-5-2-1-3-6-10/h1-3,5-6,9,12,20-21H,4,7-8H2/b11-9+/t12-,14+/m1/s1. The van der Waals surface area contributed by atoms with E-state index >= 15 is 0 Å². The topological polar surface area (TPSA) is 44.6 Å². The van der Waals surface area contributed by atoms with Crippen molar-refractivity contribution in [2.75, 3.05) is 0 Å². The fourth-order valence-corrected chi connectivity index (χ4v) is 2.92. The fraction of sp³-hybridized carbons (Fsp3) is 0.400. The Kier molecular flexibility index (Phi) is 3.28. The molecule has 1 aliphatic carbocycles. The van der Waals surface area contributed by atoms with Crippen LogP contribution in [-0.4, -0.2) is 22.7 Å². The van der Waals surface area contributed by atoms with E-state index in [0.717, 1.165) is 11.1 Å². The average molecular weight is 296 g/mol. The number of hydrogen-bond donors (Lipinski definition) is 2. The van der Waals surface area contributed by atoms with Gasteiger partial charge >= 0.3 is 6.18 Å². The van der Waals surface area contributed by atoms with Crippen LogP contribution in [0.2, 0.25) is 0 Å². The van der Waals surface area contributed by atoms with Gasteiger partial charge in [-0.25, -0.2) is 0 Å². The van der Waals surface area contributed by atoms with Crippen molar-refractivity contribution in [2.24, 2.45) is 11.0 Å². The molecule has 1 aliphatic heterocycles. The molecule has 1 saturated carbocycles. The minimum absolute atomic E-state index is 0.272. The predicted octanol–water partition coefficient (Wildman–Crippen LogP) is 3.08. The quantitative estimate of drug-likeness (QED) is 0.836. The summed E-state index contributed by atoms with van der Waals surface area (Å²) >= 11 is 0. The molecule has 112 valence electrons. The first-order valence-corrected chi connectivity index (χ1v) is 6.81. The van der Waals surface area contributed by atoms with E-state index in [0.29, 0.717) is 18.6 Å². The zero-order valence-corrected chi connectivity index (χ0v) is 11.2. The lowest BCUT2D eigenvalue weighted by molar-refractivity contribution is -0.281. The number of nitrogens with one attached hydrogen (secondary N) is 1. The summed E-state index contributed by atoms with van der Waals surface area (Å²) in [6.45, 7) is 0. The lowest BCUT2D eigenvalue weighted by atomic mass is 9.77. The molecule has 3 rings (SSSR count). The van der Waals surface area contributed by atoms with Crippen molar-refractivity contribution in [3.63, 3.8) is 0 Å². The van der Waals surface area contributed by atoms with E-state index in [2.05, 4.69) is 5.10 Å². The Bertz CT molecular complexity index is 595. The molecule has 1 aromatic rings. The van der Waals surface area contributed by atoms with Gasteiger partial charge in [0, 0.05) is 0 Å². The van der Waals surface area contributed by atoms with Gasteiger partial charge in [-0.2, -0.15) is 18.3 Å². The number of hydrazone groups is 1. The second kappa shape index (κ2) is 4.87. The van der Waals surface area contributed by atoms with Gasteiger partial charge in [0.2, 0.25) is 0 Å². The van der Waals surface area contributed by atoms with Crippen molar-refractivity contribution < 1.29 is 18.3 Å². The van der Waals surface area contributed by atoms with Gasteiger partial charge < -0.3 is 5.11 Å². The molecule has 0 saturated heterocycles. The van der Waals surface area contributed by atoms with Crippen molar-refractivity contribution in [1.82, 2.24) is 5.43 Å². The van der Waals surface area contributed by atoms with E-state index in [4.69, 9.17) is 0 Å². The summed E-state index contributed by atoms with van der Waals surface area (Å²) in [5.41, 5.74) is 0.956. The van der Waals surface area contributed by atoms with Crippen LogP contribution in [-0.2, 0) is 0 Å². The lowest BCUT2D eigenvalue weighted by Gasteiger charge is -2.34. The lowest BCUT2D eigenvalue weighted by Crippen LogP contribution is -2.58. The second-order valence-corrected chi connectivity index (χ2v) is 5.40. The van der Waals surface area contributed by atoms with Gasteiger partial charge in [0.1, 0.15) is 0 Å². The Balaban J connectivity index is 1.93. The molecular formula is C15H15F3N2O. The molecule has 21 heavy (non-hydrogen) atoms. The number of nitrogens with zero attached hydrogens (tertiary/aromatic N) is 1. The van der Waals surface area contributed by atoms with E-state index in [1.165, 1.54) is 0 Å². The molecule has 1 heterocycles. The molecule has 2 N–H and O–H groups in total. The Labute approximate surface area is 120 Å². The average Bonchev–Trinajstić information content (AvgIpc) is 2.80. The number of hydrogen-bond acceptors (Lipinski definition) is 3. The maximum absolute atomic E-state index is 13.1. The molecule has 0 bridgehead atoms. The summed E-state index contributed by atoms with van der Waals surface area (Å²) in [5.74, 6) is -1.04. The number of alkyl halides is 3. The smallest absolute Gasteiger partial charge is 0.362 e. The number of benzene rings is 1. The van der Waals surface area contributed by atoms with Crippen LogP contribution in [0.1, 0.15) is 24.8 Å². The highest BCUT2D eigenvalue weighted by Crippen LogP contribution is 2.44. The van der Waals surface area contributed by atoms with Crippen molar-refractivity contribution in [1.29, 1.82) is 0 Å². The Hall–Kier alpha value is -1.82. The van der Waals surface area contributed by atoms with Gasteiger partial charge in [-0.15, -0.1) is 0 Å². The summed E-state index contributed by atoms with van der Waals surface area (Å²) in [4.78, 5) is 0. The van der Waals surface area contributed by atoms with Gasteiger partial charge in [-0.3, -0.25) is 5.43 Å². The Morgan fingerprint density at radius 1 is 1.29 bits per heavy atom. The Morgan fingerprint density at radius 3 is 2.67 bits per heavy atom. The highest BCUT2D eigenvalue weighted by Gasteiger charge is 2.63. The summed E-state index contributed by atoms with van der Waals surface area (Å²) in [6.07, 6.45) is -1.37. The molecule has 1 fully saturated rings. The maximum atomic E-state index is 13.1. The molecule has 0 unspecified atom stereocenters. The highest BCUT2D eigenvalue weighted by molar-refractivity contribution is 6.07. The summed E-state index contributed by atoms with van der Waals surface area (Å²) in [5, 5.41) is 13.7. The second-order valence-electron chi connectivity index (χ2n) is 5.40. The third-order valence-electron chi connectivity index (χ3n) is 4.02. The maximum Gasteiger partial charge on any atom is 0.438 e. The molecule has 0 amide bonds. The molecule has 3 nitrogen and oxygen atoms in total. The van der Waals surface area contributed by atoms with Gasteiger partial charge in [0.15, 0.2) is 0 Å². The predicted molar refractivity (Wildman–Crippen MR) is 73.3 cm³/mol. The summed E-state index contributed by atoms with van der Waals surface area (Å²) in [6, 6.07) is 9.38. The van der Waals surface area contributed by atoms with Crippen LogP contribution in [0, 0.1) is 5.92 Å². The zero-order valence-electron chi connectivity index (χ0n) is 11.2. The van der Waals surface area contributed by atoms with Gasteiger partial charge in [0.05, 0.1) is 11.6 Å². The monoisotopic (exact) mass is 296 g/mol. The van der Waals surface area contributed by atoms with Crippen LogP contribution in [0.25, 0.3) is 6.08 Å². The van der Waals surface area contributed by atoms with Gasteiger partial charge in [-0.05, 0) is 36.5 Å². The van der Waals surface area contributed by atoms with E-state index < -0.39 is 17.8 Å². The minimum Gasteiger partial charge on any atom is -0.362 e. The first kappa shape index (κ1) is 14.1. The van der Waals surface area contributed by atoms with Crippen molar-refractivity contribution in [3.05, 3.63) is 41.5 Å². The number of fused-ring (bicyclic) bond motifs is 1. The molecule has 2 atom stereocenters. The number of aliphatic hydroxyl groups is 1. The van der Waals surface area contributed by atoms with E-state index in [1.54, 1.807) is 0 Å². The summed E-state index contributed by atoms with van der Waals surface area (Å²) < 4.78 is 39.2. The molecule has 6 heteroatoms. The van der Waals surface area contributed by atoms with Crippen molar-refractivity contribution >= 4 is 11.8 Å². The summed E-state index contributed by atoms with van der Waals surface area (Å²) in [7, 11) is 0. The third-order valence-corrected chi connectivity index (χ3v) is 4.02. The van der Waals surface area contributed by atoms with Crippen LogP contribution >= 0.6 is 0 Å². The zero-order chi connectivity index (χ0) is 15.1. The van der Waals surface area contributed by atoms with Crippen LogP contribution < -0.4 is 5.43 Å². The van der Waals surface area contributed by atoms with E-state index in [1.807, 2.05) is 41.8 Å². The number of halogens is 3. The third kappa shape index (κ3) is 2.33. The van der Waals surface area contributed by atoms with Crippen molar-refractivity contribution in [2.45, 2.75) is 31.2 Å². The largest absolute Gasteiger partial charge is 0.438 e. The Morgan fingerprint density at radius 2 is 2.00 bits per heavy atom. The molecular weight excluding hydrogens is 281 g/mol. The van der Waals surface area contributed by atoms with Crippen LogP contribution in [0.5, 0.6) is 0 Å². The SMILES string of the molecule is O[C@@]1(C(F)(F)F)NN=C2/C(=C/c3ccccc3)CCC[C@H]21. The van der Waals surface area contributed by atoms with Crippen LogP contribution in [0.15, 0.2) is 41.0 Å². The van der Waals surface area contributed by atoms with Gasteiger partial charge in [0.25, 0.3) is 5.72 Å². The van der Waals surface area contributed by atoms with E-state index in [9.17, 15) is 18.3 Å². The number of allylic oxidation sites excluding steroid dienone is 1. The molecule has 0 spiro atoms.